The van der Waals surface area contributed by atoms with Crippen LogP contribution in [0.3, 0.4) is 0 Å². The Morgan fingerprint density at radius 2 is 1.86 bits per heavy atom. The van der Waals surface area contributed by atoms with Gasteiger partial charge in [0.15, 0.2) is 0 Å². The van der Waals surface area contributed by atoms with E-state index < -0.39 is 5.41 Å². The molecule has 0 aliphatic carbocycles. The third-order valence-electron chi connectivity index (χ3n) is 4.28. The van der Waals surface area contributed by atoms with Crippen molar-refractivity contribution in [2.24, 2.45) is 7.05 Å². The van der Waals surface area contributed by atoms with Crippen molar-refractivity contribution in [1.82, 2.24) is 15.1 Å². The highest BCUT2D eigenvalue weighted by Gasteiger charge is 2.29. The van der Waals surface area contributed by atoms with Gasteiger partial charge in [-0.25, -0.2) is 0 Å². The summed E-state index contributed by atoms with van der Waals surface area (Å²) in [4.78, 5) is 12.6. The SMILES string of the molecule is Cc1nn(C)c(C)c1CNC(=O)C(C)(C)c1ccc(N)cc1. The summed E-state index contributed by atoms with van der Waals surface area (Å²) in [7, 11) is 1.91. The molecule has 0 aliphatic heterocycles. The van der Waals surface area contributed by atoms with Crippen LogP contribution in [0.15, 0.2) is 24.3 Å². The number of benzene rings is 1. The van der Waals surface area contributed by atoms with Gasteiger partial charge >= 0.3 is 0 Å². The number of nitrogens with two attached hydrogens (primary N) is 1. The van der Waals surface area contributed by atoms with Crippen LogP contribution in [0.5, 0.6) is 0 Å². The lowest BCUT2D eigenvalue weighted by Gasteiger charge is -2.24. The number of nitrogen functional groups attached to an aromatic ring is 1. The minimum absolute atomic E-state index is 0.0140. The fourth-order valence-electron chi connectivity index (χ4n) is 2.49. The fraction of sp³-hybridized carbons (Fsp3) is 0.412. The first-order valence-electron chi connectivity index (χ1n) is 7.37. The van der Waals surface area contributed by atoms with Crippen LogP contribution in [0.1, 0.15) is 36.4 Å². The van der Waals surface area contributed by atoms with Crippen LogP contribution in [0.2, 0.25) is 0 Å². The molecule has 2 aromatic rings. The average Bonchev–Trinajstić information content (AvgIpc) is 2.70. The smallest absolute Gasteiger partial charge is 0.230 e. The Morgan fingerprint density at radius 1 is 1.27 bits per heavy atom. The third-order valence-corrected chi connectivity index (χ3v) is 4.28. The van der Waals surface area contributed by atoms with Crippen LogP contribution >= 0.6 is 0 Å². The van der Waals surface area contributed by atoms with Gasteiger partial charge in [0, 0.05) is 30.5 Å². The highest BCUT2D eigenvalue weighted by atomic mass is 16.2. The summed E-state index contributed by atoms with van der Waals surface area (Å²) in [5.74, 6) is -0.0140. The molecule has 118 valence electrons. The summed E-state index contributed by atoms with van der Waals surface area (Å²) in [6.45, 7) is 8.28. The molecule has 1 heterocycles. The van der Waals surface area contributed by atoms with E-state index in [0.29, 0.717) is 12.2 Å². The largest absolute Gasteiger partial charge is 0.399 e. The lowest BCUT2D eigenvalue weighted by atomic mass is 9.83. The van der Waals surface area contributed by atoms with Crippen molar-refractivity contribution in [3.8, 4) is 0 Å². The number of hydrogen-bond donors (Lipinski definition) is 2. The number of carbonyl (C=O) groups excluding carboxylic acids is 1. The Hall–Kier alpha value is -2.30. The van der Waals surface area contributed by atoms with Gasteiger partial charge < -0.3 is 11.1 Å². The number of nitrogens with one attached hydrogen (secondary N) is 1. The number of aromatic nitrogens is 2. The summed E-state index contributed by atoms with van der Waals surface area (Å²) in [5, 5.41) is 7.39. The summed E-state index contributed by atoms with van der Waals surface area (Å²) in [6, 6.07) is 7.44. The van der Waals surface area contributed by atoms with Gasteiger partial charge in [0.2, 0.25) is 5.91 Å². The maximum atomic E-state index is 12.6. The molecule has 5 heteroatoms. The monoisotopic (exact) mass is 300 g/mol. The molecule has 1 aromatic heterocycles. The van der Waals surface area contributed by atoms with Gasteiger partial charge in [-0.3, -0.25) is 9.48 Å². The molecule has 0 unspecified atom stereocenters. The second kappa shape index (κ2) is 5.83. The first-order chi connectivity index (χ1) is 10.2. The Morgan fingerprint density at radius 3 is 2.36 bits per heavy atom. The van der Waals surface area contributed by atoms with E-state index in [-0.39, 0.29) is 5.91 Å². The maximum absolute atomic E-state index is 12.6. The Kier molecular flexibility index (Phi) is 4.26. The molecule has 1 aromatic carbocycles. The molecule has 0 radical (unpaired) electrons. The van der Waals surface area contributed by atoms with E-state index in [4.69, 9.17) is 5.73 Å². The van der Waals surface area contributed by atoms with E-state index >= 15 is 0 Å². The summed E-state index contributed by atoms with van der Waals surface area (Å²) < 4.78 is 1.84. The quantitative estimate of drug-likeness (QED) is 0.850. The van der Waals surface area contributed by atoms with Crippen molar-refractivity contribution in [2.75, 3.05) is 5.73 Å². The number of nitrogens with zero attached hydrogens (tertiary/aromatic N) is 2. The molecule has 0 saturated carbocycles. The Bertz CT molecular complexity index is 683. The summed E-state index contributed by atoms with van der Waals surface area (Å²) >= 11 is 0. The standard InChI is InChI=1S/C17H24N4O/c1-11-15(12(2)21(5)20-11)10-19-16(22)17(3,4)13-6-8-14(18)9-7-13/h6-9H,10,18H2,1-5H3,(H,19,22). The number of aryl methyl sites for hydroxylation is 2. The minimum Gasteiger partial charge on any atom is -0.399 e. The topological polar surface area (TPSA) is 72.9 Å². The zero-order valence-corrected chi connectivity index (χ0v) is 13.9. The van der Waals surface area contributed by atoms with Gasteiger partial charge in [0.25, 0.3) is 0 Å². The van der Waals surface area contributed by atoms with Crippen molar-refractivity contribution in [1.29, 1.82) is 0 Å². The Labute approximate surface area is 131 Å². The summed E-state index contributed by atoms with van der Waals surface area (Å²) in [5.41, 5.74) is 9.83. The molecular weight excluding hydrogens is 276 g/mol. The van der Waals surface area contributed by atoms with Crippen LogP contribution in [0.25, 0.3) is 0 Å². The van der Waals surface area contributed by atoms with Crippen LogP contribution in [-0.4, -0.2) is 15.7 Å². The van der Waals surface area contributed by atoms with E-state index in [1.807, 2.05) is 63.7 Å². The minimum atomic E-state index is -0.613. The molecule has 3 N–H and O–H groups in total. The van der Waals surface area contributed by atoms with Gasteiger partial charge in [-0.1, -0.05) is 12.1 Å². The van der Waals surface area contributed by atoms with Crippen molar-refractivity contribution in [3.63, 3.8) is 0 Å². The van der Waals surface area contributed by atoms with Crippen molar-refractivity contribution in [3.05, 3.63) is 46.8 Å². The van der Waals surface area contributed by atoms with Gasteiger partial charge in [0.05, 0.1) is 11.1 Å². The molecule has 0 fully saturated rings. The number of hydrogen-bond acceptors (Lipinski definition) is 3. The van der Waals surface area contributed by atoms with E-state index in [2.05, 4.69) is 10.4 Å². The zero-order valence-electron chi connectivity index (χ0n) is 13.9. The highest BCUT2D eigenvalue weighted by molar-refractivity contribution is 5.87. The molecule has 0 saturated heterocycles. The predicted octanol–water partition coefficient (Wildman–Crippen LogP) is 2.21. The number of amides is 1. The van der Waals surface area contributed by atoms with Crippen molar-refractivity contribution in [2.45, 2.75) is 39.7 Å². The molecule has 0 spiro atoms. The molecule has 0 aliphatic rings. The highest BCUT2D eigenvalue weighted by Crippen LogP contribution is 2.24. The van der Waals surface area contributed by atoms with Crippen molar-refractivity contribution >= 4 is 11.6 Å². The normalized spacial score (nSPS) is 11.5. The predicted molar refractivity (Wildman–Crippen MR) is 88.4 cm³/mol. The van der Waals surface area contributed by atoms with Gasteiger partial charge in [0.1, 0.15) is 0 Å². The van der Waals surface area contributed by atoms with Crippen molar-refractivity contribution < 1.29 is 4.79 Å². The number of anilines is 1. The van der Waals surface area contributed by atoms with Crippen LogP contribution < -0.4 is 11.1 Å². The first-order valence-corrected chi connectivity index (χ1v) is 7.37. The van der Waals surface area contributed by atoms with Gasteiger partial charge in [-0.05, 0) is 45.4 Å². The van der Waals surface area contributed by atoms with Gasteiger partial charge in [-0.2, -0.15) is 5.10 Å². The molecule has 0 atom stereocenters. The second-order valence-electron chi connectivity index (χ2n) is 6.20. The molecule has 5 nitrogen and oxygen atoms in total. The third kappa shape index (κ3) is 2.98. The molecule has 0 bridgehead atoms. The van der Waals surface area contributed by atoms with Gasteiger partial charge in [-0.15, -0.1) is 0 Å². The number of rotatable bonds is 4. The lowest BCUT2D eigenvalue weighted by Crippen LogP contribution is -2.39. The second-order valence-corrected chi connectivity index (χ2v) is 6.20. The molecule has 2 rings (SSSR count). The van der Waals surface area contributed by atoms with Crippen LogP contribution in [0.4, 0.5) is 5.69 Å². The van der Waals surface area contributed by atoms with E-state index in [0.717, 1.165) is 22.5 Å². The molecule has 22 heavy (non-hydrogen) atoms. The fourth-order valence-corrected chi connectivity index (χ4v) is 2.49. The van der Waals surface area contributed by atoms with Crippen LogP contribution in [-0.2, 0) is 23.8 Å². The van der Waals surface area contributed by atoms with E-state index in [1.54, 1.807) is 0 Å². The summed E-state index contributed by atoms with van der Waals surface area (Å²) in [6.07, 6.45) is 0. The van der Waals surface area contributed by atoms with Crippen LogP contribution in [0, 0.1) is 13.8 Å². The molecular formula is C17H24N4O. The van der Waals surface area contributed by atoms with E-state index in [1.165, 1.54) is 0 Å². The Balaban J connectivity index is 2.12. The average molecular weight is 300 g/mol. The molecule has 1 amide bonds. The lowest BCUT2D eigenvalue weighted by molar-refractivity contribution is -0.125. The maximum Gasteiger partial charge on any atom is 0.230 e. The first kappa shape index (κ1) is 16.1. The number of carbonyl (C=O) groups is 1. The van der Waals surface area contributed by atoms with E-state index in [9.17, 15) is 4.79 Å². The zero-order chi connectivity index (χ0) is 16.5.